The molecule has 0 aliphatic heterocycles. The Hall–Kier alpha value is -1.47. The zero-order valence-corrected chi connectivity index (χ0v) is 8.91. The second-order valence-corrected chi connectivity index (χ2v) is 3.50. The van der Waals surface area contributed by atoms with Crippen molar-refractivity contribution in [2.75, 3.05) is 13.6 Å². The quantitative estimate of drug-likeness (QED) is 0.612. The van der Waals surface area contributed by atoms with Gasteiger partial charge in [0.15, 0.2) is 11.5 Å². The number of phenolic OH excluding ortho intramolecular Hbond substituents is 2. The van der Waals surface area contributed by atoms with Crippen molar-refractivity contribution < 1.29 is 28.5 Å². The van der Waals surface area contributed by atoms with Crippen LogP contribution in [-0.4, -0.2) is 28.9 Å². The summed E-state index contributed by atoms with van der Waals surface area (Å²) < 4.78 is 37.9. The highest BCUT2D eigenvalue weighted by Gasteiger charge is 2.36. The first-order valence-corrected chi connectivity index (χ1v) is 4.73. The minimum atomic E-state index is -4.71. The number of nitrogens with one attached hydrogen (secondary N) is 1. The van der Waals surface area contributed by atoms with E-state index >= 15 is 0 Å². The number of aromatic hydroxyl groups is 2. The molecule has 1 aromatic rings. The van der Waals surface area contributed by atoms with Gasteiger partial charge in [-0.05, 0) is 24.7 Å². The third kappa shape index (κ3) is 3.01. The number of phenols is 2. The van der Waals surface area contributed by atoms with Crippen molar-refractivity contribution in [3.63, 3.8) is 0 Å². The lowest BCUT2D eigenvalue weighted by molar-refractivity contribution is -0.139. The molecule has 0 radical (unpaired) electrons. The van der Waals surface area contributed by atoms with Gasteiger partial charge in [-0.2, -0.15) is 13.2 Å². The first kappa shape index (κ1) is 13.6. The summed E-state index contributed by atoms with van der Waals surface area (Å²) in [4.78, 5) is 0. The molecular weight excluding hydrogens is 239 g/mol. The molecule has 4 N–H and O–H groups in total. The Balaban J connectivity index is 3.31. The lowest BCUT2D eigenvalue weighted by atomic mass is 10.0. The zero-order chi connectivity index (χ0) is 13.2. The van der Waals surface area contributed by atoms with Crippen molar-refractivity contribution in [3.8, 4) is 11.5 Å². The number of alkyl halides is 3. The third-order valence-corrected chi connectivity index (χ3v) is 2.21. The highest BCUT2D eigenvalue weighted by Crippen LogP contribution is 2.40. The minimum Gasteiger partial charge on any atom is -0.504 e. The summed E-state index contributed by atoms with van der Waals surface area (Å²) in [5.41, 5.74) is -1.65. The molecule has 1 atom stereocenters. The monoisotopic (exact) mass is 251 g/mol. The fourth-order valence-electron chi connectivity index (χ4n) is 1.42. The summed E-state index contributed by atoms with van der Waals surface area (Å²) in [6.45, 7) is -0.104. The highest BCUT2D eigenvalue weighted by atomic mass is 19.4. The number of benzene rings is 1. The predicted octanol–water partition coefficient (Wildman–Crippen LogP) is 1.37. The third-order valence-electron chi connectivity index (χ3n) is 2.21. The molecule has 1 rings (SSSR count). The van der Waals surface area contributed by atoms with Crippen molar-refractivity contribution in [1.82, 2.24) is 5.32 Å². The standard InChI is InChI=1S/C10H12F3NO3/c1-14-4-9(17)5-2-7(15)8(16)3-6(5)10(11,12)13/h2-3,9,14-17H,4H2,1H3. The van der Waals surface area contributed by atoms with E-state index in [2.05, 4.69) is 5.32 Å². The van der Waals surface area contributed by atoms with Crippen LogP contribution in [0, 0.1) is 0 Å². The Kier molecular flexibility index (Phi) is 3.84. The van der Waals surface area contributed by atoms with Gasteiger partial charge in [0.1, 0.15) is 0 Å². The average molecular weight is 251 g/mol. The summed E-state index contributed by atoms with van der Waals surface area (Å²) in [6, 6.07) is 1.10. The molecule has 0 bridgehead atoms. The molecule has 0 spiro atoms. The van der Waals surface area contributed by atoms with Gasteiger partial charge < -0.3 is 20.6 Å². The molecule has 1 unspecified atom stereocenters. The maximum Gasteiger partial charge on any atom is 0.416 e. The van der Waals surface area contributed by atoms with Crippen molar-refractivity contribution in [1.29, 1.82) is 0 Å². The average Bonchev–Trinajstić information content (AvgIpc) is 2.20. The second-order valence-electron chi connectivity index (χ2n) is 3.50. The molecule has 1 aromatic carbocycles. The maximum atomic E-state index is 12.6. The molecule has 0 aromatic heterocycles. The number of aliphatic hydroxyl groups is 1. The van der Waals surface area contributed by atoms with Crippen molar-refractivity contribution >= 4 is 0 Å². The Morgan fingerprint density at radius 2 is 1.76 bits per heavy atom. The van der Waals surface area contributed by atoms with E-state index in [9.17, 15) is 18.3 Å². The topological polar surface area (TPSA) is 72.7 Å². The summed E-state index contributed by atoms with van der Waals surface area (Å²) in [5, 5.41) is 30.3. The number of aliphatic hydroxyl groups excluding tert-OH is 1. The summed E-state index contributed by atoms with van der Waals surface area (Å²) in [7, 11) is 1.47. The Bertz CT molecular complexity index is 407. The van der Waals surface area contributed by atoms with E-state index in [1.807, 2.05) is 0 Å². The molecular formula is C10H12F3NO3. The van der Waals surface area contributed by atoms with Gasteiger partial charge in [-0.3, -0.25) is 0 Å². The van der Waals surface area contributed by atoms with Crippen LogP contribution in [-0.2, 0) is 6.18 Å². The number of likely N-dealkylation sites (N-methyl/N-ethyl adjacent to an activating group) is 1. The van der Waals surface area contributed by atoms with Gasteiger partial charge in [0.2, 0.25) is 0 Å². The Labute approximate surface area is 95.3 Å². The first-order valence-electron chi connectivity index (χ1n) is 4.73. The van der Waals surface area contributed by atoms with Crippen LogP contribution in [0.1, 0.15) is 17.2 Å². The molecule has 0 aliphatic rings. The van der Waals surface area contributed by atoms with Gasteiger partial charge in [-0.1, -0.05) is 0 Å². The van der Waals surface area contributed by atoms with Gasteiger partial charge in [0, 0.05) is 6.54 Å². The van der Waals surface area contributed by atoms with Crippen LogP contribution in [0.25, 0.3) is 0 Å². The lowest BCUT2D eigenvalue weighted by Crippen LogP contribution is -2.20. The molecule has 4 nitrogen and oxygen atoms in total. The molecule has 17 heavy (non-hydrogen) atoms. The van der Waals surface area contributed by atoms with E-state index < -0.39 is 34.9 Å². The molecule has 0 fully saturated rings. The first-order chi connectivity index (χ1) is 7.77. The van der Waals surface area contributed by atoms with Gasteiger partial charge in [0.25, 0.3) is 0 Å². The SMILES string of the molecule is CNCC(O)c1cc(O)c(O)cc1C(F)(F)F. The van der Waals surface area contributed by atoms with E-state index in [0.717, 1.165) is 0 Å². The van der Waals surface area contributed by atoms with Gasteiger partial charge in [0.05, 0.1) is 11.7 Å². The van der Waals surface area contributed by atoms with Crippen molar-refractivity contribution in [2.45, 2.75) is 12.3 Å². The Morgan fingerprint density at radius 3 is 2.24 bits per heavy atom. The summed E-state index contributed by atoms with van der Waals surface area (Å²) >= 11 is 0. The van der Waals surface area contributed by atoms with E-state index in [1.165, 1.54) is 7.05 Å². The van der Waals surface area contributed by atoms with Crippen molar-refractivity contribution in [3.05, 3.63) is 23.3 Å². The molecule has 0 saturated heterocycles. The fraction of sp³-hybridized carbons (Fsp3) is 0.400. The molecule has 0 heterocycles. The van der Waals surface area contributed by atoms with Crippen LogP contribution >= 0.6 is 0 Å². The number of rotatable bonds is 3. The van der Waals surface area contributed by atoms with Crippen LogP contribution in [0.2, 0.25) is 0 Å². The maximum absolute atomic E-state index is 12.6. The molecule has 96 valence electrons. The molecule has 7 heteroatoms. The van der Waals surface area contributed by atoms with Crippen LogP contribution in [0.5, 0.6) is 11.5 Å². The van der Waals surface area contributed by atoms with Crippen LogP contribution < -0.4 is 5.32 Å². The van der Waals surface area contributed by atoms with E-state index in [4.69, 9.17) is 10.2 Å². The summed E-state index contributed by atoms with van der Waals surface area (Å²) in [5.74, 6) is -1.58. The van der Waals surface area contributed by atoms with Crippen LogP contribution in [0.15, 0.2) is 12.1 Å². The minimum absolute atomic E-state index is 0.104. The number of hydrogen-bond acceptors (Lipinski definition) is 4. The van der Waals surface area contributed by atoms with Crippen LogP contribution in [0.4, 0.5) is 13.2 Å². The van der Waals surface area contributed by atoms with Gasteiger partial charge in [-0.25, -0.2) is 0 Å². The zero-order valence-electron chi connectivity index (χ0n) is 8.91. The molecule has 0 saturated carbocycles. The lowest BCUT2D eigenvalue weighted by Gasteiger charge is -2.18. The van der Waals surface area contributed by atoms with E-state index in [0.29, 0.717) is 12.1 Å². The summed E-state index contributed by atoms with van der Waals surface area (Å²) in [6.07, 6.45) is -6.14. The van der Waals surface area contributed by atoms with Crippen molar-refractivity contribution in [2.24, 2.45) is 0 Å². The Morgan fingerprint density at radius 1 is 1.24 bits per heavy atom. The fourth-order valence-corrected chi connectivity index (χ4v) is 1.42. The second kappa shape index (κ2) is 4.80. The predicted molar refractivity (Wildman–Crippen MR) is 53.7 cm³/mol. The number of halogens is 3. The van der Waals surface area contributed by atoms with Crippen LogP contribution in [0.3, 0.4) is 0 Å². The largest absolute Gasteiger partial charge is 0.504 e. The molecule has 0 amide bonds. The highest BCUT2D eigenvalue weighted by molar-refractivity contribution is 5.47. The van der Waals surface area contributed by atoms with Gasteiger partial charge in [-0.15, -0.1) is 0 Å². The smallest absolute Gasteiger partial charge is 0.416 e. The molecule has 0 aliphatic carbocycles. The van der Waals surface area contributed by atoms with Gasteiger partial charge >= 0.3 is 6.18 Å². The number of hydrogen-bond donors (Lipinski definition) is 4. The normalized spacial score (nSPS) is 13.7. The van der Waals surface area contributed by atoms with E-state index in [-0.39, 0.29) is 6.54 Å². The van der Waals surface area contributed by atoms with E-state index in [1.54, 1.807) is 0 Å².